The van der Waals surface area contributed by atoms with Gasteiger partial charge in [-0.3, -0.25) is 0 Å². The minimum absolute atomic E-state index is 0. The Balaban J connectivity index is 0.000000810. The van der Waals surface area contributed by atoms with Crippen molar-refractivity contribution in [2.24, 2.45) is 0 Å². The van der Waals surface area contributed by atoms with E-state index in [9.17, 15) is 0 Å². The summed E-state index contributed by atoms with van der Waals surface area (Å²) in [5.41, 5.74) is 2.85. The molecule has 0 aromatic carbocycles. The first-order valence-corrected chi connectivity index (χ1v) is 6.63. The molecule has 0 aliphatic carbocycles. The van der Waals surface area contributed by atoms with E-state index < -0.39 is 0 Å². The van der Waals surface area contributed by atoms with Gasteiger partial charge in [-0.25, -0.2) is 4.98 Å². The van der Waals surface area contributed by atoms with Crippen LogP contribution in [-0.2, 0) is 13.0 Å². The zero-order valence-electron chi connectivity index (χ0n) is 10.9. The third-order valence-electron chi connectivity index (χ3n) is 4.03. The van der Waals surface area contributed by atoms with Gasteiger partial charge >= 0.3 is 0 Å². The van der Waals surface area contributed by atoms with Crippen LogP contribution in [0.15, 0.2) is 0 Å². The average Bonchev–Trinajstić information content (AvgIpc) is 2.66. The number of rotatable bonds is 1. The van der Waals surface area contributed by atoms with Crippen molar-refractivity contribution in [2.45, 2.75) is 51.5 Å². The van der Waals surface area contributed by atoms with Crippen LogP contribution in [0.1, 0.15) is 48.8 Å². The molecule has 2 aliphatic heterocycles. The van der Waals surface area contributed by atoms with E-state index in [0.29, 0.717) is 0 Å². The summed E-state index contributed by atoms with van der Waals surface area (Å²) < 4.78 is 2.52. The molecule has 0 amide bonds. The standard InChI is InChI=1S/C13H21N3.2ClH/c1-10-13(11-5-7-14-8-6-11)16-9-3-2-4-12(16)15-10;;/h11,14H,2-9H2,1H3;2*1H. The van der Waals surface area contributed by atoms with Crippen molar-refractivity contribution < 1.29 is 0 Å². The first kappa shape index (κ1) is 15.8. The number of aryl methyl sites for hydroxylation is 2. The van der Waals surface area contributed by atoms with Gasteiger partial charge < -0.3 is 9.88 Å². The molecule has 1 aromatic heterocycles. The Morgan fingerprint density at radius 1 is 1.17 bits per heavy atom. The van der Waals surface area contributed by atoms with E-state index in [1.54, 1.807) is 5.69 Å². The summed E-state index contributed by atoms with van der Waals surface area (Å²) in [6, 6.07) is 0. The van der Waals surface area contributed by atoms with Gasteiger partial charge in [-0.05, 0) is 45.7 Å². The Morgan fingerprint density at radius 2 is 1.89 bits per heavy atom. The van der Waals surface area contributed by atoms with Crippen LogP contribution in [0.3, 0.4) is 0 Å². The maximum atomic E-state index is 4.77. The van der Waals surface area contributed by atoms with E-state index in [2.05, 4.69) is 16.8 Å². The first-order valence-electron chi connectivity index (χ1n) is 6.63. The van der Waals surface area contributed by atoms with Gasteiger partial charge in [0.2, 0.25) is 0 Å². The summed E-state index contributed by atoms with van der Waals surface area (Å²) in [4.78, 5) is 4.77. The van der Waals surface area contributed by atoms with Gasteiger partial charge in [-0.15, -0.1) is 24.8 Å². The molecule has 1 saturated heterocycles. The smallest absolute Gasteiger partial charge is 0.109 e. The van der Waals surface area contributed by atoms with Crippen molar-refractivity contribution >= 4 is 24.8 Å². The van der Waals surface area contributed by atoms with E-state index in [4.69, 9.17) is 4.98 Å². The number of piperidine rings is 1. The molecule has 1 fully saturated rings. The lowest BCUT2D eigenvalue weighted by atomic mass is 9.93. The molecule has 0 saturated carbocycles. The van der Waals surface area contributed by atoms with Crippen molar-refractivity contribution in [2.75, 3.05) is 13.1 Å². The van der Waals surface area contributed by atoms with E-state index in [-0.39, 0.29) is 24.8 Å². The molecule has 0 radical (unpaired) electrons. The van der Waals surface area contributed by atoms with Crippen LogP contribution in [0.2, 0.25) is 0 Å². The predicted molar refractivity (Wildman–Crippen MR) is 79.2 cm³/mol. The van der Waals surface area contributed by atoms with Crippen molar-refractivity contribution in [1.82, 2.24) is 14.9 Å². The maximum Gasteiger partial charge on any atom is 0.109 e. The molecule has 5 heteroatoms. The second-order valence-corrected chi connectivity index (χ2v) is 5.13. The van der Waals surface area contributed by atoms with E-state index in [0.717, 1.165) is 5.92 Å². The minimum atomic E-state index is 0. The third kappa shape index (κ3) is 2.84. The number of nitrogens with zero attached hydrogens (tertiary/aromatic N) is 2. The van der Waals surface area contributed by atoms with E-state index >= 15 is 0 Å². The zero-order valence-corrected chi connectivity index (χ0v) is 12.6. The Hall–Kier alpha value is -0.250. The zero-order chi connectivity index (χ0) is 11.0. The third-order valence-corrected chi connectivity index (χ3v) is 4.03. The molecule has 0 bridgehead atoms. The molecule has 0 atom stereocenters. The molecule has 1 aromatic rings. The Kier molecular flexibility index (Phi) is 5.96. The lowest BCUT2D eigenvalue weighted by Crippen LogP contribution is -2.28. The highest BCUT2D eigenvalue weighted by atomic mass is 35.5. The fourth-order valence-corrected chi connectivity index (χ4v) is 3.25. The predicted octanol–water partition coefficient (Wildman–Crippen LogP) is 2.84. The monoisotopic (exact) mass is 291 g/mol. The topological polar surface area (TPSA) is 29.9 Å². The molecule has 2 aliphatic rings. The summed E-state index contributed by atoms with van der Waals surface area (Å²) in [5.74, 6) is 2.10. The summed E-state index contributed by atoms with van der Waals surface area (Å²) in [6.07, 6.45) is 6.41. The van der Waals surface area contributed by atoms with Crippen molar-refractivity contribution in [3.63, 3.8) is 0 Å². The van der Waals surface area contributed by atoms with Gasteiger partial charge in [0, 0.05) is 24.6 Å². The number of hydrogen-bond donors (Lipinski definition) is 1. The van der Waals surface area contributed by atoms with Gasteiger partial charge in [-0.1, -0.05) is 0 Å². The highest BCUT2D eigenvalue weighted by Crippen LogP contribution is 2.31. The number of aromatic nitrogens is 2. The number of fused-ring (bicyclic) bond motifs is 1. The molecular weight excluding hydrogens is 269 g/mol. The van der Waals surface area contributed by atoms with Crippen molar-refractivity contribution in [3.8, 4) is 0 Å². The van der Waals surface area contributed by atoms with Gasteiger partial charge in [0.1, 0.15) is 5.82 Å². The van der Waals surface area contributed by atoms with E-state index in [1.165, 1.54) is 63.3 Å². The second-order valence-electron chi connectivity index (χ2n) is 5.13. The Morgan fingerprint density at radius 3 is 2.61 bits per heavy atom. The highest BCUT2D eigenvalue weighted by molar-refractivity contribution is 5.85. The van der Waals surface area contributed by atoms with Gasteiger partial charge in [0.15, 0.2) is 0 Å². The van der Waals surface area contributed by atoms with Crippen LogP contribution in [0.5, 0.6) is 0 Å². The molecule has 104 valence electrons. The number of hydrogen-bond acceptors (Lipinski definition) is 2. The molecule has 1 N–H and O–H groups in total. The fraction of sp³-hybridized carbons (Fsp3) is 0.769. The largest absolute Gasteiger partial charge is 0.331 e. The highest BCUT2D eigenvalue weighted by Gasteiger charge is 2.25. The summed E-state index contributed by atoms with van der Waals surface area (Å²) in [6.45, 7) is 5.74. The van der Waals surface area contributed by atoms with Crippen molar-refractivity contribution in [3.05, 3.63) is 17.2 Å². The van der Waals surface area contributed by atoms with Crippen LogP contribution in [0.25, 0.3) is 0 Å². The average molecular weight is 292 g/mol. The first-order chi connectivity index (χ1) is 7.86. The minimum Gasteiger partial charge on any atom is -0.331 e. The van der Waals surface area contributed by atoms with Crippen LogP contribution in [-0.4, -0.2) is 22.6 Å². The summed E-state index contributed by atoms with van der Waals surface area (Å²) >= 11 is 0. The number of imidazole rings is 1. The number of halogens is 2. The Labute approximate surface area is 122 Å². The lowest BCUT2D eigenvalue weighted by Gasteiger charge is -2.26. The Bertz CT molecular complexity index is 384. The quantitative estimate of drug-likeness (QED) is 0.862. The maximum absolute atomic E-state index is 4.77. The molecule has 3 nitrogen and oxygen atoms in total. The second kappa shape index (κ2) is 6.78. The van der Waals surface area contributed by atoms with Gasteiger partial charge in [0.25, 0.3) is 0 Å². The molecule has 0 spiro atoms. The molecular formula is C13H23Cl2N3. The van der Waals surface area contributed by atoms with Gasteiger partial charge in [0.05, 0.1) is 5.69 Å². The van der Waals surface area contributed by atoms with Crippen LogP contribution < -0.4 is 5.32 Å². The lowest BCUT2D eigenvalue weighted by molar-refractivity contribution is 0.421. The molecule has 0 unspecified atom stereocenters. The van der Waals surface area contributed by atoms with Crippen LogP contribution in [0, 0.1) is 6.92 Å². The normalized spacial score (nSPS) is 19.6. The van der Waals surface area contributed by atoms with Crippen molar-refractivity contribution in [1.29, 1.82) is 0 Å². The fourth-order valence-electron chi connectivity index (χ4n) is 3.25. The van der Waals surface area contributed by atoms with Crippen LogP contribution >= 0.6 is 24.8 Å². The molecule has 18 heavy (non-hydrogen) atoms. The van der Waals surface area contributed by atoms with E-state index in [1.807, 2.05) is 0 Å². The molecule has 3 heterocycles. The number of nitrogens with one attached hydrogen (secondary N) is 1. The SMILES string of the molecule is Cc1nc2n(c1C1CCNCC1)CCCC2.Cl.Cl. The summed E-state index contributed by atoms with van der Waals surface area (Å²) in [7, 11) is 0. The van der Waals surface area contributed by atoms with Gasteiger partial charge in [-0.2, -0.15) is 0 Å². The summed E-state index contributed by atoms with van der Waals surface area (Å²) in [5, 5.41) is 3.45. The van der Waals surface area contributed by atoms with Crippen LogP contribution in [0.4, 0.5) is 0 Å². The molecule has 3 rings (SSSR count).